The number of nitrogens with two attached hydrogens (primary N) is 1. The van der Waals surface area contributed by atoms with Crippen molar-refractivity contribution < 1.29 is 81.8 Å². The number of likely N-dealkylation sites (tertiary alicyclic amines) is 1. The number of thioether (sulfide) groups is 1. The number of aliphatic hydroxyl groups excluding tert-OH is 1. The third kappa shape index (κ3) is 30.3. The standard InChI is InChI=1S/C91H116ClN19O17S/c1-50(2)39-65(81(118)100-64(18-11-12-37-95-51(3)4)89(126)111-38-14-19-74(111)88(125)96-52(5)79(93)116)101-83(120)68(42-55-25-32-62(33-26-55)98-76(114)21-10-9-20-75-78-73(49-129-75)108-91(128)110-78)103-85(122)69(43-56-27-34-63(35-28-56)99-80(117)71-46-77(115)109-90(127)107-71)105-87(124)72(48-112)106-86(123)70(45-58-15-13-36-94-47-58)104-84(121)67(41-54-23-30-61(92)31-24-54)102-82(119)66(97-53(6)113)44-57-22-29-59-16-7-8-17-60(59)40-57/h7-8,13,15-17,22-36,40,47,50-52,64-75,78,95,112H,9-12,14,18-21,37-39,41-46,48-49H2,1-6H3,(H2,93,116)(H,96,125)(H,97,113)(H,98,114)(H,99,117)(H,100,118)(H,101,120)(H,102,119)(H,103,122)(H,104,121)(H,105,124)(H,106,123)(H2,108,110,128)(H2,107,109,115,127)/t52-,64+,65+,66-,67-,68-,69+,70-,71?,72+,73+,74+,75+,78+/m1/s1. The summed E-state index contributed by atoms with van der Waals surface area (Å²) >= 11 is 8.07. The van der Waals surface area contributed by atoms with Gasteiger partial charge in [-0.3, -0.25) is 77.4 Å². The molecular weight excluding hydrogens is 1700 g/mol. The van der Waals surface area contributed by atoms with Crippen molar-refractivity contribution >= 4 is 140 Å². The Kier molecular flexibility index (Phi) is 36.7. The second kappa shape index (κ2) is 48.0. The first-order valence-corrected chi connectivity index (χ1v) is 45.0. The molecule has 10 rings (SSSR count). The van der Waals surface area contributed by atoms with E-state index in [4.69, 9.17) is 17.3 Å². The molecule has 5 aromatic carbocycles. The lowest BCUT2D eigenvalue weighted by Crippen LogP contribution is -2.62. The zero-order chi connectivity index (χ0) is 93.0. The topological polar surface area (TPSA) is 528 Å². The number of halogens is 1. The predicted octanol–water partition coefficient (Wildman–Crippen LogP) is 2.69. The number of hydrogen-bond acceptors (Lipinski definition) is 20. The van der Waals surface area contributed by atoms with Gasteiger partial charge in [0.15, 0.2) is 0 Å². The van der Waals surface area contributed by atoms with Gasteiger partial charge >= 0.3 is 12.1 Å². The fraction of sp³-hybridized carbons (Fsp3) is 0.462. The zero-order valence-electron chi connectivity index (χ0n) is 72.9. The van der Waals surface area contributed by atoms with Crippen molar-refractivity contribution in [1.29, 1.82) is 0 Å². The number of aromatic nitrogens is 1. The molecule has 6 aromatic rings. The zero-order valence-corrected chi connectivity index (χ0v) is 74.5. The Morgan fingerprint density at radius 1 is 0.550 bits per heavy atom. The predicted molar refractivity (Wildman–Crippen MR) is 484 cm³/mol. The van der Waals surface area contributed by atoms with Crippen molar-refractivity contribution in [2.45, 2.75) is 234 Å². The van der Waals surface area contributed by atoms with Gasteiger partial charge in [-0.25, -0.2) is 9.59 Å². The van der Waals surface area contributed by atoms with Crippen LogP contribution in [0.2, 0.25) is 5.02 Å². The SMILES string of the molecule is CC(=O)N[C@H](Cc1ccc2ccccc2c1)C(=O)N[C@H](Cc1ccc(Cl)cc1)C(=O)N[C@H](Cc1cccnc1)C(=O)N[C@@H](CO)C(=O)N[C@@H](Cc1ccc(NC(=O)C2CC(=O)NC(=O)N2)cc1)C(=O)N[C@H](Cc1ccc(NC(=O)CCCC[C@@H]2SC[C@@H]3NC(=O)N[C@@H]32)cc1)C(=O)N[C@@H](CC(C)C)C(=O)N[C@@H](CCCCNC(C)C)C(=O)N1CCC[C@H]1C(=O)N[C@H](C)C(N)=O. The smallest absolute Gasteiger partial charge is 0.322 e. The third-order valence-corrected chi connectivity index (χ3v) is 24.3. The molecule has 690 valence electrons. The minimum absolute atomic E-state index is 0.00106. The van der Waals surface area contributed by atoms with Crippen LogP contribution in [0.25, 0.3) is 10.8 Å². The molecule has 4 aliphatic heterocycles. The number of benzene rings is 5. The van der Waals surface area contributed by atoms with Crippen LogP contribution >= 0.6 is 23.4 Å². The Hall–Kier alpha value is -12.6. The van der Waals surface area contributed by atoms with E-state index in [9.17, 15) is 53.1 Å². The van der Waals surface area contributed by atoms with E-state index in [1.165, 1.54) is 55.4 Å². The molecule has 0 aliphatic carbocycles. The number of aliphatic hydroxyl groups is 1. The molecule has 4 saturated heterocycles. The van der Waals surface area contributed by atoms with Gasteiger partial charge in [0.25, 0.3) is 0 Å². The van der Waals surface area contributed by atoms with Gasteiger partial charge in [0.1, 0.15) is 66.5 Å². The molecular formula is C91H116ClN19O17S. The van der Waals surface area contributed by atoms with Crippen LogP contribution in [0, 0.1) is 5.92 Å². The summed E-state index contributed by atoms with van der Waals surface area (Å²) < 4.78 is 0. The highest BCUT2D eigenvalue weighted by Gasteiger charge is 2.44. The molecule has 0 spiro atoms. The largest absolute Gasteiger partial charge is 0.394 e. The fourth-order valence-electron chi connectivity index (χ4n) is 15.7. The van der Waals surface area contributed by atoms with Gasteiger partial charge in [-0.1, -0.05) is 131 Å². The molecule has 0 saturated carbocycles. The molecule has 4 aliphatic rings. The number of nitrogens with zero attached hydrogens (tertiary/aromatic N) is 2. The summed E-state index contributed by atoms with van der Waals surface area (Å²) in [6.07, 6.45) is 5.27. The summed E-state index contributed by atoms with van der Waals surface area (Å²) in [4.78, 5) is 229. The second-order valence-corrected chi connectivity index (χ2v) is 35.4. The summed E-state index contributed by atoms with van der Waals surface area (Å²) in [5.41, 5.74) is 8.34. The first-order chi connectivity index (χ1) is 61.7. The maximum atomic E-state index is 15.7. The van der Waals surface area contributed by atoms with E-state index in [1.54, 1.807) is 86.3 Å². The van der Waals surface area contributed by atoms with Gasteiger partial charge < -0.3 is 95.5 Å². The van der Waals surface area contributed by atoms with E-state index in [0.717, 1.165) is 29.4 Å². The molecule has 1 aromatic heterocycles. The number of primary amides is 1. The normalized spacial score (nSPS) is 18.4. The van der Waals surface area contributed by atoms with E-state index in [0.29, 0.717) is 65.2 Å². The molecule has 4 fully saturated rings. The van der Waals surface area contributed by atoms with Gasteiger partial charge in [0.05, 0.1) is 25.1 Å². The van der Waals surface area contributed by atoms with Gasteiger partial charge in [-0.05, 0) is 152 Å². The number of carbonyl (C=O) groups is 16. The molecule has 0 bridgehead atoms. The maximum absolute atomic E-state index is 15.7. The summed E-state index contributed by atoms with van der Waals surface area (Å²) in [5, 5.41) is 57.4. The van der Waals surface area contributed by atoms with Crippen LogP contribution in [-0.4, -0.2) is 225 Å². The van der Waals surface area contributed by atoms with E-state index in [2.05, 4.69) is 90.1 Å². The number of pyridine rings is 1. The number of hydrogen-bond donors (Lipinski definition) is 18. The Labute approximate surface area is 756 Å². The number of anilines is 2. The highest BCUT2D eigenvalue weighted by molar-refractivity contribution is 8.00. The lowest BCUT2D eigenvalue weighted by molar-refractivity contribution is -0.142. The second-order valence-electron chi connectivity index (χ2n) is 33.7. The van der Waals surface area contributed by atoms with Crippen molar-refractivity contribution in [2.75, 3.05) is 36.1 Å². The average molecular weight is 1820 g/mol. The molecule has 129 heavy (non-hydrogen) atoms. The third-order valence-electron chi connectivity index (χ3n) is 22.5. The van der Waals surface area contributed by atoms with Crippen LogP contribution in [0.1, 0.15) is 140 Å². The number of imide groups is 1. The monoisotopic (exact) mass is 1810 g/mol. The number of unbranched alkanes of at least 4 members (excludes halogenated alkanes) is 2. The summed E-state index contributed by atoms with van der Waals surface area (Å²) in [6, 6.07) is 18.5. The first-order valence-electron chi connectivity index (χ1n) is 43.5. The van der Waals surface area contributed by atoms with Crippen LogP contribution in [-0.2, 0) is 99.2 Å². The molecule has 1 unspecified atom stereocenters. The van der Waals surface area contributed by atoms with Crippen LogP contribution in [0.4, 0.5) is 21.0 Å². The lowest BCUT2D eigenvalue weighted by atomic mass is 9.99. The van der Waals surface area contributed by atoms with Crippen molar-refractivity contribution in [1.82, 2.24) is 84.3 Å². The highest BCUT2D eigenvalue weighted by Crippen LogP contribution is 2.34. The summed E-state index contributed by atoms with van der Waals surface area (Å²) in [7, 11) is 0. The van der Waals surface area contributed by atoms with E-state index in [-0.39, 0.29) is 117 Å². The fourth-order valence-corrected chi connectivity index (χ4v) is 17.4. The van der Waals surface area contributed by atoms with E-state index in [1.807, 2.05) is 56.3 Å². The van der Waals surface area contributed by atoms with Gasteiger partial charge in [0, 0.05) is 97.8 Å². The number of rotatable bonds is 46. The molecule has 18 amide bonds. The number of carbonyl (C=O) groups excluding carboxylic acids is 16. The van der Waals surface area contributed by atoms with Gasteiger partial charge in [-0.15, -0.1) is 0 Å². The maximum Gasteiger partial charge on any atom is 0.322 e. The summed E-state index contributed by atoms with van der Waals surface area (Å²) in [6.45, 7) is 9.78. The quantitative estimate of drug-likeness (QED) is 0.0193. The first kappa shape index (κ1) is 98.6. The van der Waals surface area contributed by atoms with Crippen LogP contribution in [0.3, 0.4) is 0 Å². The number of amides is 18. The van der Waals surface area contributed by atoms with Crippen molar-refractivity contribution in [3.8, 4) is 0 Å². The van der Waals surface area contributed by atoms with Crippen LogP contribution in [0.15, 0.2) is 140 Å². The highest BCUT2D eigenvalue weighted by atomic mass is 35.5. The van der Waals surface area contributed by atoms with Crippen molar-refractivity contribution in [3.63, 3.8) is 0 Å². The molecule has 36 nitrogen and oxygen atoms in total. The Morgan fingerprint density at radius 2 is 1.09 bits per heavy atom. The minimum Gasteiger partial charge on any atom is -0.394 e. The number of nitrogens with one attached hydrogen (secondary N) is 16. The molecule has 38 heteroatoms. The molecule has 5 heterocycles. The van der Waals surface area contributed by atoms with E-state index >= 15 is 28.8 Å². The molecule has 0 radical (unpaired) electrons. The Morgan fingerprint density at radius 3 is 1.65 bits per heavy atom. The van der Waals surface area contributed by atoms with Gasteiger partial charge in [-0.2, -0.15) is 11.8 Å². The minimum atomic E-state index is -1.93. The lowest BCUT2D eigenvalue weighted by Gasteiger charge is -2.31. The Bertz CT molecular complexity index is 4980. The van der Waals surface area contributed by atoms with E-state index < -0.39 is 162 Å². The van der Waals surface area contributed by atoms with Gasteiger partial charge in [0.2, 0.25) is 82.7 Å². The van der Waals surface area contributed by atoms with Crippen LogP contribution in [0.5, 0.6) is 0 Å². The van der Waals surface area contributed by atoms with Crippen molar-refractivity contribution in [3.05, 3.63) is 173 Å². The molecule has 14 atom stereocenters. The summed E-state index contributed by atoms with van der Waals surface area (Å²) in [5.74, 6) is -10.5. The van der Waals surface area contributed by atoms with Crippen molar-refractivity contribution in [2.24, 2.45) is 11.7 Å². The molecule has 19 N–H and O–H groups in total. The Balaban J connectivity index is 0.937. The number of fused-ring (bicyclic) bond motifs is 2. The number of urea groups is 2. The average Bonchev–Trinajstić information content (AvgIpc) is 1.68. The van der Waals surface area contributed by atoms with Crippen LogP contribution < -0.4 is 90.8 Å².